The van der Waals surface area contributed by atoms with Gasteiger partial charge in [0.2, 0.25) is 0 Å². The van der Waals surface area contributed by atoms with E-state index in [1.54, 1.807) is 6.07 Å². The van der Waals surface area contributed by atoms with Crippen molar-refractivity contribution < 1.29 is 19.1 Å². The molecule has 0 aliphatic carbocycles. The van der Waals surface area contributed by atoms with Gasteiger partial charge in [0.15, 0.2) is 0 Å². The van der Waals surface area contributed by atoms with E-state index in [9.17, 15) is 14.0 Å². The molecule has 0 aromatic heterocycles. The van der Waals surface area contributed by atoms with Gasteiger partial charge in [-0.1, -0.05) is 13.0 Å². The summed E-state index contributed by atoms with van der Waals surface area (Å²) in [6.45, 7) is 2.32. The average Bonchev–Trinajstić information content (AvgIpc) is 2.33. The average molecular weight is 268 g/mol. The minimum absolute atomic E-state index is 0.0780. The molecule has 1 amide bonds. The van der Waals surface area contributed by atoms with Crippen molar-refractivity contribution in [2.75, 3.05) is 11.9 Å². The van der Waals surface area contributed by atoms with Crippen LogP contribution >= 0.6 is 0 Å². The van der Waals surface area contributed by atoms with E-state index in [-0.39, 0.29) is 17.9 Å². The fraction of sp³-hybridized carbons (Fsp3) is 0.385. The second-order valence-electron chi connectivity index (χ2n) is 4.45. The van der Waals surface area contributed by atoms with E-state index in [1.165, 1.54) is 12.1 Å². The molecule has 0 aliphatic heterocycles. The molecule has 0 radical (unpaired) electrons. The summed E-state index contributed by atoms with van der Waals surface area (Å²) in [6, 6.07) is 4.21. The summed E-state index contributed by atoms with van der Waals surface area (Å²) in [5, 5.41) is 11.5. The molecular formula is C13H17FN2O3. The molecule has 1 rings (SSSR count). The fourth-order valence-electron chi connectivity index (χ4n) is 1.68. The van der Waals surface area contributed by atoms with Gasteiger partial charge in [0, 0.05) is 18.7 Å². The van der Waals surface area contributed by atoms with Gasteiger partial charge in [-0.3, -0.25) is 9.59 Å². The number of carboxylic acid groups (broad SMARTS) is 1. The lowest BCUT2D eigenvalue weighted by molar-refractivity contribution is -0.137. The molecule has 104 valence electrons. The molecule has 6 heteroatoms. The Labute approximate surface area is 110 Å². The molecule has 0 fully saturated rings. The van der Waals surface area contributed by atoms with Crippen LogP contribution in [0.15, 0.2) is 18.2 Å². The molecule has 0 bridgehead atoms. The Balaban J connectivity index is 2.65. The number of anilines is 1. The number of nitrogens with one attached hydrogen (secondary N) is 1. The SMILES string of the molecule is CC(CCC(=O)O)CNc1cccc(F)c1C(N)=O. The van der Waals surface area contributed by atoms with Crippen molar-refractivity contribution in [3.63, 3.8) is 0 Å². The molecule has 19 heavy (non-hydrogen) atoms. The van der Waals surface area contributed by atoms with Crippen LogP contribution in [0.25, 0.3) is 0 Å². The number of carboxylic acids is 1. The number of halogens is 1. The number of hydrogen-bond acceptors (Lipinski definition) is 3. The Morgan fingerprint density at radius 3 is 2.74 bits per heavy atom. The Kier molecular flexibility index (Phi) is 5.29. The Morgan fingerprint density at radius 2 is 2.16 bits per heavy atom. The summed E-state index contributed by atoms with van der Waals surface area (Å²) in [6.07, 6.45) is 0.582. The van der Waals surface area contributed by atoms with Gasteiger partial charge in [0.05, 0.1) is 5.56 Å². The molecular weight excluding hydrogens is 251 g/mol. The van der Waals surface area contributed by atoms with Crippen molar-refractivity contribution >= 4 is 17.6 Å². The van der Waals surface area contributed by atoms with Crippen molar-refractivity contribution in [2.24, 2.45) is 11.7 Å². The van der Waals surface area contributed by atoms with Crippen molar-refractivity contribution in [3.8, 4) is 0 Å². The number of primary amides is 1. The molecule has 0 saturated carbocycles. The predicted molar refractivity (Wildman–Crippen MR) is 69.4 cm³/mol. The number of benzene rings is 1. The molecule has 1 atom stereocenters. The normalized spacial score (nSPS) is 11.9. The fourth-order valence-corrected chi connectivity index (χ4v) is 1.68. The van der Waals surface area contributed by atoms with E-state index in [1.807, 2.05) is 6.92 Å². The highest BCUT2D eigenvalue weighted by molar-refractivity contribution is 5.98. The van der Waals surface area contributed by atoms with Gasteiger partial charge in [-0.05, 0) is 24.5 Å². The Morgan fingerprint density at radius 1 is 1.47 bits per heavy atom. The molecule has 5 nitrogen and oxygen atoms in total. The van der Waals surface area contributed by atoms with Gasteiger partial charge < -0.3 is 16.2 Å². The third-order valence-corrected chi connectivity index (χ3v) is 2.75. The van der Waals surface area contributed by atoms with Crippen LogP contribution in [0, 0.1) is 11.7 Å². The highest BCUT2D eigenvalue weighted by Crippen LogP contribution is 2.19. The van der Waals surface area contributed by atoms with Gasteiger partial charge in [-0.2, -0.15) is 0 Å². The number of carbonyl (C=O) groups is 2. The number of nitrogens with two attached hydrogens (primary N) is 1. The molecule has 1 unspecified atom stereocenters. The van der Waals surface area contributed by atoms with Crippen LogP contribution in [0.2, 0.25) is 0 Å². The number of rotatable bonds is 7. The largest absolute Gasteiger partial charge is 0.481 e. The lowest BCUT2D eigenvalue weighted by Gasteiger charge is -2.14. The Hall–Kier alpha value is -2.11. The van der Waals surface area contributed by atoms with Crippen molar-refractivity contribution in [1.82, 2.24) is 0 Å². The van der Waals surface area contributed by atoms with Gasteiger partial charge in [0.25, 0.3) is 5.91 Å². The van der Waals surface area contributed by atoms with Gasteiger partial charge >= 0.3 is 5.97 Å². The van der Waals surface area contributed by atoms with Crippen LogP contribution in [0.3, 0.4) is 0 Å². The standard InChI is InChI=1S/C13H17FN2O3/c1-8(5-6-11(17)18)7-16-10-4-2-3-9(14)12(10)13(15)19/h2-4,8,16H,5-7H2,1H3,(H2,15,19)(H,17,18). The minimum atomic E-state index is -0.851. The van der Waals surface area contributed by atoms with E-state index < -0.39 is 17.7 Å². The summed E-state index contributed by atoms with van der Waals surface area (Å²) in [4.78, 5) is 21.6. The molecule has 0 saturated heterocycles. The summed E-state index contributed by atoms with van der Waals surface area (Å²) in [5.41, 5.74) is 5.28. The van der Waals surface area contributed by atoms with Crippen molar-refractivity contribution in [2.45, 2.75) is 19.8 Å². The second kappa shape index (κ2) is 6.72. The number of amides is 1. The first kappa shape index (κ1) is 14.9. The summed E-state index contributed by atoms with van der Waals surface area (Å²) in [7, 11) is 0. The smallest absolute Gasteiger partial charge is 0.303 e. The number of carbonyl (C=O) groups excluding carboxylic acids is 1. The summed E-state index contributed by atoms with van der Waals surface area (Å²) >= 11 is 0. The molecule has 1 aromatic carbocycles. The van der Waals surface area contributed by atoms with Crippen LogP contribution in [-0.4, -0.2) is 23.5 Å². The Bertz CT molecular complexity index is 477. The summed E-state index contributed by atoms with van der Waals surface area (Å²) < 4.78 is 13.5. The van der Waals surface area contributed by atoms with Crippen LogP contribution in [-0.2, 0) is 4.79 Å². The monoisotopic (exact) mass is 268 g/mol. The van der Waals surface area contributed by atoms with Crippen molar-refractivity contribution in [3.05, 3.63) is 29.6 Å². The van der Waals surface area contributed by atoms with E-state index in [4.69, 9.17) is 10.8 Å². The molecule has 0 aliphatic rings. The zero-order valence-electron chi connectivity index (χ0n) is 10.6. The predicted octanol–water partition coefficient (Wildman–Crippen LogP) is 1.84. The topological polar surface area (TPSA) is 92.4 Å². The maximum absolute atomic E-state index is 13.5. The number of hydrogen-bond donors (Lipinski definition) is 3. The van der Waals surface area contributed by atoms with E-state index in [2.05, 4.69) is 5.32 Å². The zero-order valence-corrected chi connectivity index (χ0v) is 10.6. The number of aliphatic carboxylic acids is 1. The molecule has 1 aromatic rings. The lowest BCUT2D eigenvalue weighted by Crippen LogP contribution is -2.19. The highest BCUT2D eigenvalue weighted by Gasteiger charge is 2.14. The van der Waals surface area contributed by atoms with E-state index in [0.29, 0.717) is 18.7 Å². The lowest BCUT2D eigenvalue weighted by atomic mass is 10.1. The van der Waals surface area contributed by atoms with Gasteiger partial charge in [-0.15, -0.1) is 0 Å². The maximum atomic E-state index is 13.5. The van der Waals surface area contributed by atoms with Crippen LogP contribution < -0.4 is 11.1 Å². The third kappa shape index (κ3) is 4.57. The zero-order chi connectivity index (χ0) is 14.4. The highest BCUT2D eigenvalue weighted by atomic mass is 19.1. The second-order valence-corrected chi connectivity index (χ2v) is 4.45. The van der Waals surface area contributed by atoms with Crippen LogP contribution in [0.5, 0.6) is 0 Å². The first-order chi connectivity index (χ1) is 8.91. The molecule has 4 N–H and O–H groups in total. The first-order valence-electron chi connectivity index (χ1n) is 5.95. The molecule has 0 spiro atoms. The minimum Gasteiger partial charge on any atom is -0.481 e. The molecule has 0 heterocycles. The van der Waals surface area contributed by atoms with Crippen LogP contribution in [0.4, 0.5) is 10.1 Å². The van der Waals surface area contributed by atoms with E-state index in [0.717, 1.165) is 0 Å². The van der Waals surface area contributed by atoms with Crippen LogP contribution in [0.1, 0.15) is 30.1 Å². The maximum Gasteiger partial charge on any atom is 0.303 e. The quantitative estimate of drug-likeness (QED) is 0.703. The third-order valence-electron chi connectivity index (χ3n) is 2.75. The van der Waals surface area contributed by atoms with Gasteiger partial charge in [0.1, 0.15) is 5.82 Å². The van der Waals surface area contributed by atoms with E-state index >= 15 is 0 Å². The first-order valence-corrected chi connectivity index (χ1v) is 5.95. The van der Waals surface area contributed by atoms with Crippen molar-refractivity contribution in [1.29, 1.82) is 0 Å². The summed E-state index contributed by atoms with van der Waals surface area (Å²) in [5.74, 6) is -2.27. The van der Waals surface area contributed by atoms with Gasteiger partial charge in [-0.25, -0.2) is 4.39 Å².